The van der Waals surface area contributed by atoms with E-state index in [9.17, 15) is 0 Å². The molecule has 0 bridgehead atoms. The summed E-state index contributed by atoms with van der Waals surface area (Å²) >= 11 is 3.40. The molecule has 0 unspecified atom stereocenters. The third-order valence-electron chi connectivity index (χ3n) is 2.10. The topological polar surface area (TPSA) is 16.1 Å². The maximum absolute atomic E-state index is 4.34. The Hall–Kier alpha value is 0.807. The smallest absolute Gasteiger partial charge is 0.0612 e. The van der Waals surface area contributed by atoms with Gasteiger partial charge in [0.15, 0.2) is 0 Å². The van der Waals surface area contributed by atoms with Crippen LogP contribution in [0.3, 0.4) is 0 Å². The number of hydrogen-bond donors (Lipinski definition) is 0. The average molecular weight is 594 g/mol. The van der Waals surface area contributed by atoms with Crippen molar-refractivity contribution in [3.05, 3.63) is 29.5 Å². The van der Waals surface area contributed by atoms with E-state index in [1.54, 1.807) is 0 Å². The molecule has 0 aliphatic carbocycles. The van der Waals surface area contributed by atoms with Crippen molar-refractivity contribution in [2.24, 2.45) is 0 Å². The van der Waals surface area contributed by atoms with E-state index < -0.39 is 0 Å². The molecule has 76 valence electrons. The van der Waals surface area contributed by atoms with Crippen LogP contribution in [0, 0.1) is 7.05 Å². The zero-order valence-corrected chi connectivity index (χ0v) is 15.0. The van der Waals surface area contributed by atoms with E-state index in [2.05, 4.69) is 34.0 Å². The molecule has 0 amide bonds. The Morgan fingerprint density at radius 3 is 2.86 bits per heavy atom. The molecule has 5 heteroatoms. The monoisotopic (exact) mass is 593 g/mol. The molecule has 0 saturated carbocycles. The van der Waals surface area contributed by atoms with Crippen molar-refractivity contribution in [2.75, 3.05) is 11.4 Å². The summed E-state index contributed by atoms with van der Waals surface area (Å²) in [5.74, 6) is 0. The molecule has 1 aliphatic heterocycles. The Kier molecular flexibility index (Phi) is 6.77. The van der Waals surface area contributed by atoms with Gasteiger partial charge in [0.05, 0.1) is 5.69 Å². The normalized spacial score (nSPS) is 13.7. The minimum absolute atomic E-state index is 0. The van der Waals surface area contributed by atoms with Crippen LogP contribution in [0.5, 0.6) is 0 Å². The summed E-state index contributed by atoms with van der Waals surface area (Å²) in [6, 6.07) is 2.08. The minimum Gasteiger partial charge on any atom is -0.524 e. The summed E-state index contributed by atoms with van der Waals surface area (Å²) in [6.07, 6.45) is 4.08. The van der Waals surface area contributed by atoms with E-state index in [0.29, 0.717) is 0 Å². The third kappa shape index (κ3) is 3.15. The molecule has 1 aromatic rings. The van der Waals surface area contributed by atoms with E-state index in [1.807, 2.05) is 11.1 Å². The van der Waals surface area contributed by atoms with Crippen LogP contribution in [-0.4, -0.2) is 11.5 Å². The van der Waals surface area contributed by atoms with E-state index in [1.165, 1.54) is 5.69 Å². The van der Waals surface area contributed by atoms with Gasteiger partial charge in [0, 0.05) is 58.5 Å². The molecule has 2 heterocycles. The quantitative estimate of drug-likeness (QED) is 0.430. The standard InChI is InChI=1S/C9H10BrN2.2W/c1-12-4-2-3-8-9(12)5-7(10)6-11-8;;/h5-6H,1-4H2;;/q-1;;. The number of aromatic nitrogens is 1. The number of anilines is 1. The molecule has 14 heavy (non-hydrogen) atoms. The predicted octanol–water partition coefficient (Wildman–Crippen LogP) is 2.38. The zero-order valence-electron chi connectivity index (χ0n) is 7.57. The fourth-order valence-corrected chi connectivity index (χ4v) is 1.80. The Labute approximate surface area is 122 Å². The van der Waals surface area contributed by atoms with Gasteiger partial charge < -0.3 is 4.90 Å². The second-order valence-corrected chi connectivity index (χ2v) is 3.90. The molecule has 2 nitrogen and oxygen atoms in total. The second-order valence-electron chi connectivity index (χ2n) is 2.99. The number of nitrogens with zero attached hydrogens (tertiary/aromatic N) is 2. The molecular formula is C9H10BrN2W2-. The maximum atomic E-state index is 4.34. The largest absolute Gasteiger partial charge is 0.524 e. The predicted molar refractivity (Wildman–Crippen MR) is 53.0 cm³/mol. The van der Waals surface area contributed by atoms with Gasteiger partial charge in [-0.25, -0.2) is 0 Å². The van der Waals surface area contributed by atoms with Crippen molar-refractivity contribution in [3.63, 3.8) is 0 Å². The van der Waals surface area contributed by atoms with Crippen LogP contribution >= 0.6 is 15.9 Å². The number of pyridine rings is 1. The van der Waals surface area contributed by atoms with E-state index in [0.717, 1.165) is 29.5 Å². The van der Waals surface area contributed by atoms with Crippen LogP contribution in [-0.2, 0) is 48.6 Å². The minimum atomic E-state index is 0. The van der Waals surface area contributed by atoms with Crippen molar-refractivity contribution >= 4 is 21.6 Å². The molecule has 0 atom stereocenters. The zero-order chi connectivity index (χ0) is 8.55. The van der Waals surface area contributed by atoms with Gasteiger partial charge in [-0.3, -0.25) is 12.0 Å². The fraction of sp³-hybridized carbons (Fsp3) is 0.333. The van der Waals surface area contributed by atoms with Crippen LogP contribution in [0.1, 0.15) is 12.1 Å². The molecule has 2 rings (SSSR count). The van der Waals surface area contributed by atoms with Crippen LogP contribution in [0.2, 0.25) is 0 Å². The van der Waals surface area contributed by atoms with Crippen LogP contribution in [0.15, 0.2) is 16.7 Å². The third-order valence-corrected chi connectivity index (χ3v) is 2.53. The first kappa shape index (κ1) is 14.8. The maximum Gasteiger partial charge on any atom is 0.0612 e. The first-order chi connectivity index (χ1) is 5.77. The Balaban J connectivity index is 0.000000845. The van der Waals surface area contributed by atoms with Gasteiger partial charge in [0.25, 0.3) is 0 Å². The van der Waals surface area contributed by atoms with E-state index in [4.69, 9.17) is 0 Å². The van der Waals surface area contributed by atoms with Crippen LogP contribution in [0.25, 0.3) is 0 Å². The van der Waals surface area contributed by atoms with Gasteiger partial charge in [0.2, 0.25) is 0 Å². The summed E-state index contributed by atoms with van der Waals surface area (Å²) in [5, 5.41) is 0. The molecule has 0 aromatic carbocycles. The molecule has 0 saturated heterocycles. The van der Waals surface area contributed by atoms with Gasteiger partial charge >= 0.3 is 0 Å². The fourth-order valence-electron chi connectivity index (χ4n) is 1.48. The van der Waals surface area contributed by atoms with Gasteiger partial charge in [0.1, 0.15) is 0 Å². The van der Waals surface area contributed by atoms with Crippen LogP contribution in [0.4, 0.5) is 5.69 Å². The molecule has 0 N–H and O–H groups in total. The number of fused-ring (bicyclic) bond motifs is 1. The van der Waals surface area contributed by atoms with Crippen molar-refractivity contribution in [1.82, 2.24) is 4.98 Å². The molecule has 1 aromatic heterocycles. The van der Waals surface area contributed by atoms with Gasteiger partial charge in [-0.2, -0.15) is 0 Å². The number of halogens is 1. The molecule has 0 fully saturated rings. The average Bonchev–Trinajstić information content (AvgIpc) is 2.07. The van der Waals surface area contributed by atoms with Gasteiger partial charge in [-0.15, -0.1) is 0 Å². The van der Waals surface area contributed by atoms with Crippen molar-refractivity contribution in [3.8, 4) is 0 Å². The Morgan fingerprint density at radius 2 is 2.14 bits per heavy atom. The van der Waals surface area contributed by atoms with Crippen molar-refractivity contribution in [2.45, 2.75) is 12.8 Å². The first-order valence-electron chi connectivity index (χ1n) is 4.00. The SMILES string of the molecule is [CH2-]N1CCCc2ncc(Br)cc21.[W].[W]. The molecular weight excluding hydrogens is 584 g/mol. The van der Waals surface area contributed by atoms with E-state index >= 15 is 0 Å². The summed E-state index contributed by atoms with van der Waals surface area (Å²) in [5.41, 5.74) is 2.33. The van der Waals surface area contributed by atoms with Gasteiger partial charge in [-0.1, -0.05) is 0 Å². The summed E-state index contributed by atoms with van der Waals surface area (Å²) in [4.78, 5) is 6.35. The van der Waals surface area contributed by atoms with Crippen molar-refractivity contribution < 1.29 is 42.1 Å². The van der Waals surface area contributed by atoms with Crippen molar-refractivity contribution in [1.29, 1.82) is 0 Å². The molecule has 1 aliphatic rings. The Morgan fingerprint density at radius 1 is 1.43 bits per heavy atom. The summed E-state index contributed by atoms with van der Waals surface area (Å²) < 4.78 is 1.02. The number of aryl methyl sites for hydroxylation is 1. The summed E-state index contributed by atoms with van der Waals surface area (Å²) in [7, 11) is 3.95. The Bertz CT molecular complexity index is 307. The number of hydrogen-bond acceptors (Lipinski definition) is 2. The molecule has 0 radical (unpaired) electrons. The van der Waals surface area contributed by atoms with Gasteiger partial charge in [-0.05, 0) is 41.4 Å². The summed E-state index contributed by atoms with van der Waals surface area (Å²) in [6.45, 7) is 1.03. The second kappa shape index (κ2) is 6.40. The van der Waals surface area contributed by atoms with Crippen LogP contribution < -0.4 is 4.90 Å². The molecule has 0 spiro atoms. The van der Waals surface area contributed by atoms with E-state index in [-0.39, 0.29) is 42.1 Å². The number of rotatable bonds is 0. The first-order valence-corrected chi connectivity index (χ1v) is 4.79.